The molecule has 19 heavy (non-hydrogen) atoms. The standard InChI is InChI=1S/C13H17N3O3/c1-15(10-5-4-8-14-9-10)13(17)11-6-2-3-7-12(11)16(18)19/h2-3,6-7,10,14H,4-5,8-9H2,1H3. The Kier molecular flexibility index (Phi) is 4.11. The van der Waals surface area contributed by atoms with Gasteiger partial charge in [0, 0.05) is 25.7 Å². The topological polar surface area (TPSA) is 75.5 Å². The second-order valence-corrected chi connectivity index (χ2v) is 4.69. The normalized spacial score (nSPS) is 18.9. The maximum Gasteiger partial charge on any atom is 0.282 e. The van der Waals surface area contributed by atoms with E-state index < -0.39 is 4.92 Å². The summed E-state index contributed by atoms with van der Waals surface area (Å²) < 4.78 is 0. The fourth-order valence-corrected chi connectivity index (χ4v) is 2.33. The molecule has 1 N–H and O–H groups in total. The third-order valence-electron chi connectivity index (χ3n) is 3.47. The number of nitro benzene ring substituents is 1. The summed E-state index contributed by atoms with van der Waals surface area (Å²) in [5, 5.41) is 14.2. The molecule has 1 aliphatic rings. The van der Waals surface area contributed by atoms with Crippen molar-refractivity contribution in [3.05, 3.63) is 39.9 Å². The maximum atomic E-state index is 12.4. The number of para-hydroxylation sites is 1. The van der Waals surface area contributed by atoms with Gasteiger partial charge in [-0.15, -0.1) is 0 Å². The van der Waals surface area contributed by atoms with E-state index in [1.807, 2.05) is 0 Å². The monoisotopic (exact) mass is 263 g/mol. The van der Waals surface area contributed by atoms with Gasteiger partial charge in [-0.3, -0.25) is 14.9 Å². The zero-order valence-corrected chi connectivity index (χ0v) is 10.8. The lowest BCUT2D eigenvalue weighted by Crippen LogP contribution is -2.46. The number of amides is 1. The van der Waals surface area contributed by atoms with Crippen molar-refractivity contribution >= 4 is 11.6 Å². The molecule has 1 amide bonds. The predicted octanol–water partition coefficient (Wildman–Crippen LogP) is 1.42. The first-order valence-corrected chi connectivity index (χ1v) is 6.32. The van der Waals surface area contributed by atoms with E-state index in [0.29, 0.717) is 0 Å². The van der Waals surface area contributed by atoms with Gasteiger partial charge in [0.15, 0.2) is 0 Å². The maximum absolute atomic E-state index is 12.4. The molecule has 6 nitrogen and oxygen atoms in total. The van der Waals surface area contributed by atoms with Crippen LogP contribution in [-0.4, -0.2) is 41.9 Å². The summed E-state index contributed by atoms with van der Waals surface area (Å²) >= 11 is 0. The number of hydrogen-bond donors (Lipinski definition) is 1. The van der Waals surface area contributed by atoms with Gasteiger partial charge in [-0.1, -0.05) is 12.1 Å². The summed E-state index contributed by atoms with van der Waals surface area (Å²) in [6.45, 7) is 1.70. The van der Waals surface area contributed by atoms with Crippen LogP contribution < -0.4 is 5.32 Å². The third-order valence-corrected chi connectivity index (χ3v) is 3.47. The Balaban J connectivity index is 2.21. The van der Waals surface area contributed by atoms with Crippen molar-refractivity contribution in [2.45, 2.75) is 18.9 Å². The van der Waals surface area contributed by atoms with Crippen LogP contribution in [-0.2, 0) is 0 Å². The van der Waals surface area contributed by atoms with Crippen LogP contribution in [0.1, 0.15) is 23.2 Å². The number of nitrogens with one attached hydrogen (secondary N) is 1. The molecule has 0 bridgehead atoms. The van der Waals surface area contributed by atoms with E-state index in [9.17, 15) is 14.9 Å². The fraction of sp³-hybridized carbons (Fsp3) is 0.462. The Bertz CT molecular complexity index is 484. The number of benzene rings is 1. The van der Waals surface area contributed by atoms with Crippen molar-refractivity contribution in [1.82, 2.24) is 10.2 Å². The van der Waals surface area contributed by atoms with Gasteiger partial charge in [-0.25, -0.2) is 0 Å². The molecule has 1 saturated heterocycles. The van der Waals surface area contributed by atoms with Crippen LogP contribution in [0.3, 0.4) is 0 Å². The predicted molar refractivity (Wildman–Crippen MR) is 71.1 cm³/mol. The minimum atomic E-state index is -0.514. The smallest absolute Gasteiger partial charge is 0.282 e. The van der Waals surface area contributed by atoms with Crippen molar-refractivity contribution in [1.29, 1.82) is 0 Å². The molecule has 1 aliphatic heterocycles. The van der Waals surface area contributed by atoms with E-state index in [1.165, 1.54) is 12.1 Å². The summed E-state index contributed by atoms with van der Waals surface area (Å²) in [6, 6.07) is 6.18. The number of piperidine rings is 1. The molecule has 2 rings (SSSR count). The van der Waals surface area contributed by atoms with Crippen molar-refractivity contribution in [3.63, 3.8) is 0 Å². The Morgan fingerprint density at radius 3 is 2.84 bits per heavy atom. The average molecular weight is 263 g/mol. The number of carbonyl (C=O) groups excluding carboxylic acids is 1. The Morgan fingerprint density at radius 1 is 1.47 bits per heavy atom. The second kappa shape index (κ2) is 5.79. The van der Waals surface area contributed by atoms with E-state index >= 15 is 0 Å². The number of rotatable bonds is 3. The van der Waals surface area contributed by atoms with Crippen LogP contribution in [0.15, 0.2) is 24.3 Å². The van der Waals surface area contributed by atoms with Crippen LogP contribution >= 0.6 is 0 Å². The summed E-state index contributed by atoms with van der Waals surface area (Å²) in [5.74, 6) is -0.291. The van der Waals surface area contributed by atoms with Gasteiger partial charge in [0.25, 0.3) is 11.6 Å². The number of hydrogen-bond acceptors (Lipinski definition) is 4. The van der Waals surface area contributed by atoms with Gasteiger partial charge in [0.1, 0.15) is 5.56 Å². The molecule has 1 unspecified atom stereocenters. The molecule has 1 heterocycles. The van der Waals surface area contributed by atoms with Crippen molar-refractivity contribution in [2.75, 3.05) is 20.1 Å². The zero-order valence-electron chi connectivity index (χ0n) is 10.8. The largest absolute Gasteiger partial charge is 0.337 e. The van der Waals surface area contributed by atoms with E-state index in [4.69, 9.17) is 0 Å². The minimum absolute atomic E-state index is 0.0982. The molecule has 6 heteroatoms. The lowest BCUT2D eigenvalue weighted by atomic mass is 10.0. The summed E-state index contributed by atoms with van der Waals surface area (Å²) in [4.78, 5) is 24.4. The molecular weight excluding hydrogens is 246 g/mol. The summed E-state index contributed by atoms with van der Waals surface area (Å²) in [7, 11) is 1.71. The Hall–Kier alpha value is -1.95. The summed E-state index contributed by atoms with van der Waals surface area (Å²) in [6.07, 6.45) is 1.94. The molecule has 0 radical (unpaired) electrons. The number of nitro groups is 1. The van der Waals surface area contributed by atoms with Crippen LogP contribution in [0, 0.1) is 10.1 Å². The molecule has 1 atom stereocenters. The van der Waals surface area contributed by atoms with E-state index in [1.54, 1.807) is 24.1 Å². The molecule has 102 valence electrons. The van der Waals surface area contributed by atoms with Crippen LogP contribution in [0.4, 0.5) is 5.69 Å². The van der Waals surface area contributed by atoms with Crippen LogP contribution in [0.2, 0.25) is 0 Å². The summed E-state index contributed by atoms with van der Waals surface area (Å²) in [5.41, 5.74) is 0.0173. The number of nitrogens with zero attached hydrogens (tertiary/aromatic N) is 2. The fourth-order valence-electron chi connectivity index (χ4n) is 2.33. The van der Waals surface area contributed by atoms with Crippen molar-refractivity contribution < 1.29 is 9.72 Å². The highest BCUT2D eigenvalue weighted by atomic mass is 16.6. The lowest BCUT2D eigenvalue weighted by molar-refractivity contribution is -0.385. The van der Waals surface area contributed by atoms with Gasteiger partial charge >= 0.3 is 0 Å². The number of likely N-dealkylation sites (N-methyl/N-ethyl adjacent to an activating group) is 1. The van der Waals surface area contributed by atoms with E-state index in [-0.39, 0.29) is 23.2 Å². The van der Waals surface area contributed by atoms with Gasteiger partial charge < -0.3 is 10.2 Å². The molecule has 0 aliphatic carbocycles. The molecule has 0 spiro atoms. The first kappa shape index (κ1) is 13.5. The van der Waals surface area contributed by atoms with Gasteiger partial charge in [-0.2, -0.15) is 0 Å². The van der Waals surface area contributed by atoms with Crippen LogP contribution in [0.25, 0.3) is 0 Å². The van der Waals surface area contributed by atoms with Crippen molar-refractivity contribution in [3.8, 4) is 0 Å². The molecular formula is C13H17N3O3. The highest BCUT2D eigenvalue weighted by Gasteiger charge is 2.27. The van der Waals surface area contributed by atoms with E-state index in [2.05, 4.69) is 5.32 Å². The molecule has 1 aromatic rings. The Labute approximate surface area is 111 Å². The third kappa shape index (κ3) is 2.90. The molecule has 0 aromatic heterocycles. The zero-order chi connectivity index (χ0) is 13.8. The second-order valence-electron chi connectivity index (χ2n) is 4.69. The first-order valence-electron chi connectivity index (χ1n) is 6.32. The number of carbonyl (C=O) groups is 1. The van der Waals surface area contributed by atoms with Gasteiger partial charge in [0.05, 0.1) is 4.92 Å². The Morgan fingerprint density at radius 2 is 2.21 bits per heavy atom. The molecule has 1 aromatic carbocycles. The average Bonchev–Trinajstić information content (AvgIpc) is 2.46. The SMILES string of the molecule is CN(C(=O)c1ccccc1[N+](=O)[O-])C1CCCNC1. The lowest BCUT2D eigenvalue weighted by Gasteiger charge is -2.31. The quantitative estimate of drug-likeness (QED) is 0.661. The molecule has 1 fully saturated rings. The minimum Gasteiger partial charge on any atom is -0.337 e. The molecule has 0 saturated carbocycles. The van der Waals surface area contributed by atoms with Gasteiger partial charge in [0.2, 0.25) is 0 Å². The highest BCUT2D eigenvalue weighted by Crippen LogP contribution is 2.21. The van der Waals surface area contributed by atoms with Crippen LogP contribution in [0.5, 0.6) is 0 Å². The first-order chi connectivity index (χ1) is 9.11. The van der Waals surface area contributed by atoms with Crippen molar-refractivity contribution in [2.24, 2.45) is 0 Å². The van der Waals surface area contributed by atoms with E-state index in [0.717, 1.165) is 25.9 Å². The van der Waals surface area contributed by atoms with Gasteiger partial charge in [-0.05, 0) is 25.5 Å². The highest BCUT2D eigenvalue weighted by molar-refractivity contribution is 5.98.